The van der Waals surface area contributed by atoms with Crippen LogP contribution < -0.4 is 4.90 Å². The van der Waals surface area contributed by atoms with Crippen LogP contribution in [0.25, 0.3) is 0 Å². The standard InChI is InChI=1S/C16H24FNO2/c1-11-8-16(14(12(2)20)9-15(11)17)18-7-5-3-4-6-13(18)10-19/h8-9,12-13,19-20H,3-7,10H2,1-2H3/t12-,13?/m0/s1. The average Bonchev–Trinajstić information content (AvgIpc) is 2.66. The Hall–Kier alpha value is -1.13. The molecule has 0 bridgehead atoms. The minimum Gasteiger partial charge on any atom is -0.394 e. The molecule has 2 rings (SSSR count). The summed E-state index contributed by atoms with van der Waals surface area (Å²) < 4.78 is 13.8. The lowest BCUT2D eigenvalue weighted by Crippen LogP contribution is -2.38. The van der Waals surface area contributed by atoms with Crippen LogP contribution in [0.2, 0.25) is 0 Å². The van der Waals surface area contributed by atoms with Crippen molar-refractivity contribution in [3.63, 3.8) is 0 Å². The van der Waals surface area contributed by atoms with Gasteiger partial charge in [-0.05, 0) is 44.4 Å². The Bertz CT molecular complexity index is 462. The fourth-order valence-electron chi connectivity index (χ4n) is 2.95. The normalized spacial score (nSPS) is 21.6. The highest BCUT2D eigenvalue weighted by Crippen LogP contribution is 2.33. The topological polar surface area (TPSA) is 43.7 Å². The highest BCUT2D eigenvalue weighted by molar-refractivity contribution is 5.57. The summed E-state index contributed by atoms with van der Waals surface area (Å²) in [5.41, 5.74) is 2.04. The first-order chi connectivity index (χ1) is 9.54. The third-order valence-corrected chi connectivity index (χ3v) is 4.16. The number of benzene rings is 1. The van der Waals surface area contributed by atoms with Crippen LogP contribution in [0.4, 0.5) is 10.1 Å². The predicted molar refractivity (Wildman–Crippen MR) is 78.5 cm³/mol. The van der Waals surface area contributed by atoms with Gasteiger partial charge in [0.15, 0.2) is 0 Å². The van der Waals surface area contributed by atoms with Gasteiger partial charge in [0.2, 0.25) is 0 Å². The number of hydrogen-bond acceptors (Lipinski definition) is 3. The fraction of sp³-hybridized carbons (Fsp3) is 0.625. The molecule has 1 heterocycles. The van der Waals surface area contributed by atoms with Crippen LogP contribution in [0.1, 0.15) is 49.8 Å². The van der Waals surface area contributed by atoms with Gasteiger partial charge in [-0.25, -0.2) is 4.39 Å². The molecule has 0 saturated carbocycles. The maximum Gasteiger partial charge on any atom is 0.126 e. The summed E-state index contributed by atoms with van der Waals surface area (Å²) in [5.74, 6) is -0.292. The van der Waals surface area contributed by atoms with Gasteiger partial charge in [0.05, 0.1) is 18.8 Å². The molecular weight excluding hydrogens is 257 g/mol. The van der Waals surface area contributed by atoms with E-state index in [9.17, 15) is 14.6 Å². The number of aryl methyl sites for hydroxylation is 1. The van der Waals surface area contributed by atoms with Crippen molar-refractivity contribution in [3.05, 3.63) is 29.1 Å². The van der Waals surface area contributed by atoms with Crippen LogP contribution in [0.15, 0.2) is 12.1 Å². The molecule has 2 atom stereocenters. The summed E-state index contributed by atoms with van der Waals surface area (Å²) >= 11 is 0. The SMILES string of the molecule is Cc1cc(N2CCCCCC2CO)c([C@H](C)O)cc1F. The zero-order valence-electron chi connectivity index (χ0n) is 12.3. The zero-order chi connectivity index (χ0) is 14.7. The van der Waals surface area contributed by atoms with Gasteiger partial charge in [-0.1, -0.05) is 12.8 Å². The molecule has 1 aromatic carbocycles. The second-order valence-corrected chi connectivity index (χ2v) is 5.72. The number of aliphatic hydroxyl groups excluding tert-OH is 2. The summed E-state index contributed by atoms with van der Waals surface area (Å²) in [6.45, 7) is 4.32. The van der Waals surface area contributed by atoms with E-state index >= 15 is 0 Å². The minimum atomic E-state index is -0.720. The minimum absolute atomic E-state index is 0.0554. The van der Waals surface area contributed by atoms with E-state index in [0.717, 1.165) is 37.9 Å². The lowest BCUT2D eigenvalue weighted by atomic mass is 10.0. The van der Waals surface area contributed by atoms with E-state index in [0.29, 0.717) is 11.1 Å². The molecule has 1 aliphatic rings. The Morgan fingerprint density at radius 2 is 2.10 bits per heavy atom. The first kappa shape index (κ1) is 15.3. The van der Waals surface area contributed by atoms with Crippen molar-refractivity contribution in [2.45, 2.75) is 51.7 Å². The number of rotatable bonds is 3. The first-order valence-corrected chi connectivity index (χ1v) is 7.40. The van der Waals surface area contributed by atoms with Gasteiger partial charge >= 0.3 is 0 Å². The van der Waals surface area contributed by atoms with Gasteiger partial charge in [-0.2, -0.15) is 0 Å². The maximum absolute atomic E-state index is 13.8. The molecule has 3 nitrogen and oxygen atoms in total. The van der Waals surface area contributed by atoms with Gasteiger partial charge < -0.3 is 15.1 Å². The van der Waals surface area contributed by atoms with Crippen LogP contribution in [0.3, 0.4) is 0 Å². The fourth-order valence-corrected chi connectivity index (χ4v) is 2.95. The first-order valence-electron chi connectivity index (χ1n) is 7.40. The Kier molecular flexibility index (Phi) is 5.00. The van der Waals surface area contributed by atoms with Crippen LogP contribution in [0.5, 0.6) is 0 Å². The van der Waals surface area contributed by atoms with Crippen molar-refractivity contribution < 1.29 is 14.6 Å². The van der Waals surface area contributed by atoms with Gasteiger partial charge in [0.25, 0.3) is 0 Å². The number of halogens is 1. The molecule has 2 N–H and O–H groups in total. The molecule has 1 aromatic rings. The molecule has 1 unspecified atom stereocenters. The van der Waals surface area contributed by atoms with Gasteiger partial charge in [0, 0.05) is 17.8 Å². The van der Waals surface area contributed by atoms with Gasteiger partial charge in [-0.3, -0.25) is 0 Å². The Labute approximate surface area is 120 Å². The highest BCUT2D eigenvalue weighted by Gasteiger charge is 2.24. The van der Waals surface area contributed by atoms with E-state index < -0.39 is 6.10 Å². The van der Waals surface area contributed by atoms with Gasteiger partial charge in [0.1, 0.15) is 5.82 Å². The van der Waals surface area contributed by atoms with Crippen LogP contribution >= 0.6 is 0 Å². The number of aliphatic hydroxyl groups is 2. The molecule has 1 aliphatic heterocycles. The lowest BCUT2D eigenvalue weighted by molar-refractivity contribution is 0.198. The summed E-state index contributed by atoms with van der Waals surface area (Å²) in [5, 5.41) is 19.5. The van der Waals surface area contributed by atoms with Crippen LogP contribution in [-0.4, -0.2) is 29.4 Å². The predicted octanol–water partition coefficient (Wildman–Crippen LogP) is 2.93. The molecule has 112 valence electrons. The molecule has 0 spiro atoms. The van der Waals surface area contributed by atoms with E-state index in [1.54, 1.807) is 19.9 Å². The largest absolute Gasteiger partial charge is 0.394 e. The number of nitrogens with zero attached hydrogens (tertiary/aromatic N) is 1. The van der Waals surface area contributed by atoms with Crippen LogP contribution in [0, 0.1) is 12.7 Å². The summed E-state index contributed by atoms with van der Waals surface area (Å²) in [4.78, 5) is 2.14. The Morgan fingerprint density at radius 3 is 2.75 bits per heavy atom. The van der Waals surface area contributed by atoms with E-state index in [1.807, 2.05) is 0 Å². The van der Waals surface area contributed by atoms with Gasteiger partial charge in [-0.15, -0.1) is 0 Å². The quantitative estimate of drug-likeness (QED) is 0.895. The Morgan fingerprint density at radius 1 is 1.35 bits per heavy atom. The zero-order valence-corrected chi connectivity index (χ0v) is 12.3. The molecular formula is C16H24FNO2. The molecule has 4 heteroatoms. The molecule has 0 radical (unpaired) electrons. The van der Waals surface area contributed by atoms with Crippen LogP contribution in [-0.2, 0) is 0 Å². The highest BCUT2D eigenvalue weighted by atomic mass is 19.1. The van der Waals surface area contributed by atoms with E-state index in [1.165, 1.54) is 6.07 Å². The third-order valence-electron chi connectivity index (χ3n) is 4.16. The van der Waals surface area contributed by atoms with E-state index in [2.05, 4.69) is 4.90 Å². The van der Waals surface area contributed by atoms with E-state index in [-0.39, 0.29) is 18.5 Å². The van der Waals surface area contributed by atoms with Crippen molar-refractivity contribution in [1.29, 1.82) is 0 Å². The molecule has 20 heavy (non-hydrogen) atoms. The lowest BCUT2D eigenvalue weighted by Gasteiger charge is -2.33. The molecule has 0 aliphatic carbocycles. The number of anilines is 1. The second kappa shape index (κ2) is 6.55. The van der Waals surface area contributed by atoms with Crippen molar-refractivity contribution in [2.24, 2.45) is 0 Å². The van der Waals surface area contributed by atoms with Crippen molar-refractivity contribution in [3.8, 4) is 0 Å². The maximum atomic E-state index is 13.8. The van der Waals surface area contributed by atoms with E-state index in [4.69, 9.17) is 0 Å². The molecule has 1 fully saturated rings. The Balaban J connectivity index is 2.45. The summed E-state index contributed by atoms with van der Waals surface area (Å²) in [7, 11) is 0. The van der Waals surface area contributed by atoms with Crippen molar-refractivity contribution in [2.75, 3.05) is 18.1 Å². The van der Waals surface area contributed by atoms with Crippen molar-refractivity contribution >= 4 is 5.69 Å². The molecule has 1 saturated heterocycles. The summed E-state index contributed by atoms with van der Waals surface area (Å²) in [6.07, 6.45) is 3.53. The second-order valence-electron chi connectivity index (χ2n) is 5.72. The summed E-state index contributed by atoms with van der Waals surface area (Å²) in [6, 6.07) is 3.28. The van der Waals surface area contributed by atoms with Crippen molar-refractivity contribution in [1.82, 2.24) is 0 Å². The average molecular weight is 281 g/mol. The third kappa shape index (κ3) is 3.13. The smallest absolute Gasteiger partial charge is 0.126 e. The monoisotopic (exact) mass is 281 g/mol. The number of hydrogen-bond donors (Lipinski definition) is 2. The molecule has 0 aromatic heterocycles. The molecule has 0 amide bonds.